The van der Waals surface area contributed by atoms with Crippen molar-refractivity contribution in [1.82, 2.24) is 4.72 Å². The van der Waals surface area contributed by atoms with Gasteiger partial charge in [0.1, 0.15) is 17.9 Å². The van der Waals surface area contributed by atoms with Crippen molar-refractivity contribution in [1.29, 1.82) is 0 Å². The van der Waals surface area contributed by atoms with Gasteiger partial charge in [-0.15, -0.1) is 0 Å². The average Bonchev–Trinajstić information content (AvgIpc) is 3.08. The van der Waals surface area contributed by atoms with Crippen LogP contribution in [0.15, 0.2) is 58.0 Å². The van der Waals surface area contributed by atoms with Crippen molar-refractivity contribution in [3.05, 3.63) is 54.3 Å². The van der Waals surface area contributed by atoms with E-state index in [-0.39, 0.29) is 17.2 Å². The molecular formula is C19H17F3N2O5S. The number of carbonyl (C=O) groups is 1. The van der Waals surface area contributed by atoms with Gasteiger partial charge in [0, 0.05) is 22.7 Å². The van der Waals surface area contributed by atoms with Crippen molar-refractivity contribution in [3.63, 3.8) is 0 Å². The van der Waals surface area contributed by atoms with Gasteiger partial charge in [0.05, 0.1) is 24.7 Å². The zero-order valence-electron chi connectivity index (χ0n) is 15.6. The van der Waals surface area contributed by atoms with Gasteiger partial charge >= 0.3 is 6.18 Å². The number of benzene rings is 2. The van der Waals surface area contributed by atoms with E-state index in [9.17, 15) is 26.4 Å². The second kappa shape index (κ2) is 8.36. The molecule has 0 bridgehead atoms. The third kappa shape index (κ3) is 5.30. The Morgan fingerprint density at radius 1 is 1.13 bits per heavy atom. The van der Waals surface area contributed by atoms with Crippen molar-refractivity contribution in [3.8, 4) is 5.75 Å². The van der Waals surface area contributed by atoms with E-state index in [1.54, 1.807) is 18.2 Å². The Kier molecular flexibility index (Phi) is 6.04. The molecule has 0 unspecified atom stereocenters. The van der Waals surface area contributed by atoms with Gasteiger partial charge in [0.25, 0.3) is 0 Å². The standard InChI is InChI=1S/C19H17F3N2O5S/c1-28-14-4-7-16-12(10-29-17(16)9-14)8-18(25)24-13-2-5-15(6-3-13)30(26,27)23-11-19(20,21)22/h2-7,9-10,23H,8,11H2,1H3,(H,24,25). The molecule has 3 aromatic rings. The number of ether oxygens (including phenoxy) is 1. The van der Waals surface area contributed by atoms with Crippen LogP contribution >= 0.6 is 0 Å². The largest absolute Gasteiger partial charge is 0.497 e. The van der Waals surface area contributed by atoms with E-state index < -0.39 is 22.7 Å². The van der Waals surface area contributed by atoms with Crippen molar-refractivity contribution < 1.29 is 35.5 Å². The molecule has 7 nitrogen and oxygen atoms in total. The Labute approximate surface area is 169 Å². The summed E-state index contributed by atoms with van der Waals surface area (Å²) in [5.41, 5.74) is 1.52. The van der Waals surface area contributed by atoms with Crippen LogP contribution in [-0.4, -0.2) is 34.2 Å². The second-order valence-electron chi connectivity index (χ2n) is 6.31. The van der Waals surface area contributed by atoms with Gasteiger partial charge in [-0.1, -0.05) is 0 Å². The first-order chi connectivity index (χ1) is 14.1. The lowest BCUT2D eigenvalue weighted by Crippen LogP contribution is -2.33. The Hall–Kier alpha value is -3.05. The predicted molar refractivity (Wildman–Crippen MR) is 103 cm³/mol. The first-order valence-corrected chi connectivity index (χ1v) is 10.1. The first kappa shape index (κ1) is 21.7. The summed E-state index contributed by atoms with van der Waals surface area (Å²) < 4.78 is 72.4. The first-order valence-electron chi connectivity index (χ1n) is 8.58. The van der Waals surface area contributed by atoms with Gasteiger partial charge in [0.2, 0.25) is 15.9 Å². The summed E-state index contributed by atoms with van der Waals surface area (Å²) in [7, 11) is -2.79. The molecule has 3 rings (SSSR count). The van der Waals surface area contributed by atoms with Crippen LogP contribution in [0.25, 0.3) is 11.0 Å². The number of rotatable bonds is 7. The number of halogens is 3. The highest BCUT2D eigenvalue weighted by Crippen LogP contribution is 2.26. The van der Waals surface area contributed by atoms with Crippen molar-refractivity contribution in [2.24, 2.45) is 0 Å². The van der Waals surface area contributed by atoms with Gasteiger partial charge in [-0.25, -0.2) is 13.1 Å². The Morgan fingerprint density at radius 2 is 1.83 bits per heavy atom. The number of anilines is 1. The number of sulfonamides is 1. The predicted octanol–water partition coefficient (Wildman–Crippen LogP) is 3.46. The zero-order valence-corrected chi connectivity index (χ0v) is 16.4. The molecule has 0 aliphatic rings. The average molecular weight is 442 g/mol. The minimum absolute atomic E-state index is 0.00647. The van der Waals surface area contributed by atoms with E-state index >= 15 is 0 Å². The van der Waals surface area contributed by atoms with Crippen LogP contribution in [0.1, 0.15) is 5.56 Å². The molecule has 0 fully saturated rings. The summed E-state index contributed by atoms with van der Waals surface area (Å²) >= 11 is 0. The Bertz CT molecular complexity index is 1160. The fraction of sp³-hybridized carbons (Fsp3) is 0.211. The van der Waals surface area contributed by atoms with Gasteiger partial charge in [-0.2, -0.15) is 13.2 Å². The van der Waals surface area contributed by atoms with Gasteiger partial charge in [0.15, 0.2) is 0 Å². The lowest BCUT2D eigenvalue weighted by Gasteiger charge is -2.10. The minimum Gasteiger partial charge on any atom is -0.497 e. The Morgan fingerprint density at radius 3 is 2.47 bits per heavy atom. The summed E-state index contributed by atoms with van der Waals surface area (Å²) in [6.45, 7) is -1.67. The van der Waals surface area contributed by atoms with Crippen molar-refractivity contribution in [2.45, 2.75) is 17.5 Å². The zero-order chi connectivity index (χ0) is 21.9. The number of hydrogen-bond acceptors (Lipinski definition) is 5. The van der Waals surface area contributed by atoms with Crippen LogP contribution in [0.2, 0.25) is 0 Å². The molecule has 160 valence electrons. The third-order valence-electron chi connectivity index (χ3n) is 4.12. The number of methoxy groups -OCH3 is 1. The molecule has 2 N–H and O–H groups in total. The summed E-state index contributed by atoms with van der Waals surface area (Å²) in [4.78, 5) is 12.0. The van der Waals surface area contributed by atoms with E-state index in [4.69, 9.17) is 9.15 Å². The highest BCUT2D eigenvalue weighted by Gasteiger charge is 2.30. The lowest BCUT2D eigenvalue weighted by molar-refractivity contribution is -0.121. The normalized spacial score (nSPS) is 12.1. The molecule has 11 heteroatoms. The molecule has 2 aromatic carbocycles. The van der Waals surface area contributed by atoms with Crippen LogP contribution in [0.5, 0.6) is 5.75 Å². The third-order valence-corrected chi connectivity index (χ3v) is 5.54. The number of amides is 1. The molecule has 0 atom stereocenters. The quantitative estimate of drug-likeness (QED) is 0.584. The molecule has 0 saturated heterocycles. The second-order valence-corrected chi connectivity index (χ2v) is 8.08. The molecule has 1 aromatic heterocycles. The number of alkyl halides is 3. The summed E-state index contributed by atoms with van der Waals surface area (Å²) in [5, 5.41) is 3.35. The maximum Gasteiger partial charge on any atom is 0.402 e. The van der Waals surface area contributed by atoms with Crippen molar-refractivity contribution in [2.75, 3.05) is 19.0 Å². The Balaban J connectivity index is 1.65. The molecule has 0 spiro atoms. The van der Waals surface area contributed by atoms with Crippen LogP contribution in [-0.2, 0) is 21.2 Å². The SMILES string of the molecule is COc1ccc2c(CC(=O)Nc3ccc(S(=O)(=O)NCC(F)(F)F)cc3)coc2c1. The molecular weight excluding hydrogens is 425 g/mol. The van der Waals surface area contributed by atoms with E-state index in [2.05, 4.69) is 5.32 Å². The summed E-state index contributed by atoms with van der Waals surface area (Å²) in [6, 6.07) is 10.0. The summed E-state index contributed by atoms with van der Waals surface area (Å²) in [6.07, 6.45) is -3.19. The van der Waals surface area contributed by atoms with Crippen LogP contribution in [0, 0.1) is 0 Å². The number of nitrogens with one attached hydrogen (secondary N) is 2. The van der Waals surface area contributed by atoms with E-state index in [1.165, 1.54) is 30.2 Å². The summed E-state index contributed by atoms with van der Waals surface area (Å²) in [5.74, 6) is 0.243. The number of furan rings is 1. The molecule has 0 aliphatic carbocycles. The van der Waals surface area contributed by atoms with Gasteiger partial charge in [-0.3, -0.25) is 4.79 Å². The molecule has 0 saturated carbocycles. The highest BCUT2D eigenvalue weighted by molar-refractivity contribution is 7.89. The van der Waals surface area contributed by atoms with Gasteiger partial charge in [-0.05, 0) is 36.4 Å². The fourth-order valence-electron chi connectivity index (χ4n) is 2.68. The maximum atomic E-state index is 12.3. The van der Waals surface area contributed by atoms with E-state index in [0.717, 1.165) is 17.5 Å². The highest BCUT2D eigenvalue weighted by atomic mass is 32.2. The van der Waals surface area contributed by atoms with Crippen molar-refractivity contribution >= 4 is 32.6 Å². The maximum absolute atomic E-state index is 12.3. The fourth-order valence-corrected chi connectivity index (χ4v) is 3.70. The van der Waals surface area contributed by atoms with Crippen LogP contribution in [0.4, 0.5) is 18.9 Å². The number of carbonyl (C=O) groups excluding carboxylic acids is 1. The van der Waals surface area contributed by atoms with E-state index in [0.29, 0.717) is 22.6 Å². The molecule has 30 heavy (non-hydrogen) atoms. The smallest absolute Gasteiger partial charge is 0.402 e. The molecule has 0 aliphatic heterocycles. The topological polar surface area (TPSA) is 97.6 Å². The molecule has 1 amide bonds. The van der Waals surface area contributed by atoms with Crippen LogP contribution in [0.3, 0.4) is 0 Å². The molecule has 1 heterocycles. The minimum atomic E-state index is -4.66. The monoisotopic (exact) mass is 442 g/mol. The molecule has 0 radical (unpaired) electrons. The lowest BCUT2D eigenvalue weighted by atomic mass is 10.1. The number of hydrogen-bond donors (Lipinski definition) is 2. The number of fused-ring (bicyclic) bond motifs is 1. The van der Waals surface area contributed by atoms with Crippen LogP contribution < -0.4 is 14.8 Å². The van der Waals surface area contributed by atoms with Gasteiger partial charge < -0.3 is 14.5 Å². The van der Waals surface area contributed by atoms with E-state index in [1.807, 2.05) is 0 Å².